The maximum Gasteiger partial charge on any atom is 0.417 e. The van der Waals surface area contributed by atoms with Gasteiger partial charge in [0.25, 0.3) is 5.69 Å². The Kier molecular flexibility index (Phi) is 8.09. The van der Waals surface area contributed by atoms with Gasteiger partial charge in [-0.1, -0.05) is 13.8 Å². The number of ether oxygens (including phenoxy) is 3. The van der Waals surface area contributed by atoms with Crippen LogP contribution in [-0.4, -0.2) is 60.8 Å². The molecular formula is C21H28N2O8. The molecule has 0 spiro atoms. The number of imide groups is 1. The summed E-state index contributed by atoms with van der Waals surface area (Å²) in [4.78, 5) is 48.8. The van der Waals surface area contributed by atoms with Gasteiger partial charge in [-0.15, -0.1) is 0 Å². The third kappa shape index (κ3) is 5.78. The van der Waals surface area contributed by atoms with Crippen molar-refractivity contribution >= 4 is 23.7 Å². The van der Waals surface area contributed by atoms with Crippen molar-refractivity contribution in [3.63, 3.8) is 0 Å². The third-order valence-electron chi connectivity index (χ3n) is 5.29. The number of methoxy groups -OCH3 is 1. The Hall–Kier alpha value is -3.01. The van der Waals surface area contributed by atoms with E-state index in [0.29, 0.717) is 12.8 Å². The van der Waals surface area contributed by atoms with E-state index >= 15 is 0 Å². The topological polar surface area (TPSA) is 125 Å². The Morgan fingerprint density at radius 2 is 1.97 bits per heavy atom. The summed E-state index contributed by atoms with van der Waals surface area (Å²) < 4.78 is 15.5. The molecule has 170 valence electrons. The lowest BCUT2D eigenvalue weighted by atomic mass is 9.84. The largest absolute Gasteiger partial charge is 0.462 e. The molecule has 0 saturated carbocycles. The predicted octanol–water partition coefficient (Wildman–Crippen LogP) is 3.19. The molecule has 1 aromatic rings. The minimum absolute atomic E-state index is 0.0421. The van der Waals surface area contributed by atoms with Crippen LogP contribution in [0.4, 0.5) is 10.5 Å². The number of rotatable bonds is 10. The molecule has 0 N–H and O–H groups in total. The number of nitrogens with zero attached hydrogens (tertiary/aromatic N) is 2. The summed E-state index contributed by atoms with van der Waals surface area (Å²) in [6, 6.07) is 4.76. The number of benzene rings is 1. The molecule has 1 saturated heterocycles. The van der Waals surface area contributed by atoms with Gasteiger partial charge in [0.2, 0.25) is 5.91 Å². The van der Waals surface area contributed by atoms with Crippen LogP contribution < -0.4 is 0 Å². The van der Waals surface area contributed by atoms with Crippen LogP contribution in [0.5, 0.6) is 0 Å². The van der Waals surface area contributed by atoms with Crippen LogP contribution in [-0.2, 0) is 19.0 Å². The highest BCUT2D eigenvalue weighted by molar-refractivity contribution is 5.96. The van der Waals surface area contributed by atoms with E-state index in [1.165, 1.54) is 36.3 Å². The van der Waals surface area contributed by atoms with Gasteiger partial charge in [-0.2, -0.15) is 0 Å². The number of nitro benzene ring substituents is 1. The molecule has 2 rings (SSSR count). The number of non-ortho nitro benzene ring substituents is 1. The Morgan fingerprint density at radius 3 is 2.52 bits per heavy atom. The van der Waals surface area contributed by atoms with Gasteiger partial charge in [0, 0.05) is 19.2 Å². The zero-order valence-corrected chi connectivity index (χ0v) is 18.2. The van der Waals surface area contributed by atoms with Crippen LogP contribution in [0.2, 0.25) is 0 Å². The van der Waals surface area contributed by atoms with Crippen LogP contribution in [0.1, 0.15) is 44.0 Å². The monoisotopic (exact) mass is 436 g/mol. The molecule has 0 radical (unpaired) electrons. The van der Waals surface area contributed by atoms with Gasteiger partial charge in [0.05, 0.1) is 35.2 Å². The van der Waals surface area contributed by atoms with Crippen LogP contribution in [0, 0.1) is 21.4 Å². The van der Waals surface area contributed by atoms with Gasteiger partial charge in [-0.25, -0.2) is 14.5 Å². The highest BCUT2D eigenvalue weighted by Crippen LogP contribution is 2.31. The molecule has 0 bridgehead atoms. The van der Waals surface area contributed by atoms with E-state index in [9.17, 15) is 24.5 Å². The minimum atomic E-state index is -0.995. The first-order valence-corrected chi connectivity index (χ1v) is 10.0. The molecule has 1 fully saturated rings. The van der Waals surface area contributed by atoms with Crippen molar-refractivity contribution in [2.45, 2.75) is 39.7 Å². The maximum atomic E-state index is 13.2. The molecule has 2 atom stereocenters. The van der Waals surface area contributed by atoms with Crippen molar-refractivity contribution in [2.24, 2.45) is 11.3 Å². The molecule has 0 aliphatic carbocycles. The molecule has 10 nitrogen and oxygen atoms in total. The number of hydrogen-bond donors (Lipinski definition) is 0. The maximum absolute atomic E-state index is 13.2. The van der Waals surface area contributed by atoms with Crippen molar-refractivity contribution < 1.29 is 33.5 Å². The molecule has 0 aromatic heterocycles. The van der Waals surface area contributed by atoms with Crippen molar-refractivity contribution in [1.82, 2.24) is 4.90 Å². The summed E-state index contributed by atoms with van der Waals surface area (Å²) >= 11 is 0. The second-order valence-corrected chi connectivity index (χ2v) is 8.10. The second-order valence-electron chi connectivity index (χ2n) is 8.10. The summed E-state index contributed by atoms with van der Waals surface area (Å²) in [5.41, 5.74) is -0.920. The van der Waals surface area contributed by atoms with Crippen LogP contribution >= 0.6 is 0 Å². The lowest BCUT2D eigenvalue weighted by molar-refractivity contribution is -0.384. The van der Waals surface area contributed by atoms with E-state index in [2.05, 4.69) is 0 Å². The van der Waals surface area contributed by atoms with Crippen LogP contribution in [0.15, 0.2) is 24.3 Å². The van der Waals surface area contributed by atoms with E-state index in [1.807, 2.05) is 13.8 Å². The normalized spacial score (nSPS) is 17.9. The lowest BCUT2D eigenvalue weighted by Gasteiger charge is -2.33. The summed E-state index contributed by atoms with van der Waals surface area (Å²) in [5, 5.41) is 10.7. The first-order chi connectivity index (χ1) is 14.6. The summed E-state index contributed by atoms with van der Waals surface area (Å²) in [6.07, 6.45) is 0.0251. The van der Waals surface area contributed by atoms with E-state index in [0.717, 1.165) is 0 Å². The Labute approximate surface area is 180 Å². The standard InChI is InChI=1S/C21H28N2O8/c1-14(2)17-12-31-20(26)22(17)19(25)21(3,13-29-4)10-5-11-30-18(24)15-6-8-16(9-7-15)23(27)28/h6-9,14,17H,5,10-13H2,1-4H3/t17-,21+/m0/s1. The Bertz CT molecular complexity index is 823. The first-order valence-electron chi connectivity index (χ1n) is 10.0. The van der Waals surface area contributed by atoms with Crippen molar-refractivity contribution in [3.05, 3.63) is 39.9 Å². The lowest BCUT2D eigenvalue weighted by Crippen LogP contribution is -2.50. The summed E-state index contributed by atoms with van der Waals surface area (Å²) in [5.74, 6) is -0.945. The van der Waals surface area contributed by atoms with Crippen molar-refractivity contribution in [3.8, 4) is 0 Å². The Balaban J connectivity index is 1.96. The molecule has 1 aliphatic heterocycles. The molecule has 1 aromatic carbocycles. The average molecular weight is 436 g/mol. The number of hydrogen-bond acceptors (Lipinski definition) is 8. The smallest absolute Gasteiger partial charge is 0.417 e. The van der Waals surface area contributed by atoms with Gasteiger partial charge in [-0.05, 0) is 37.8 Å². The van der Waals surface area contributed by atoms with Gasteiger partial charge < -0.3 is 14.2 Å². The number of carbonyl (C=O) groups excluding carboxylic acids is 3. The van der Waals surface area contributed by atoms with Gasteiger partial charge >= 0.3 is 12.1 Å². The Morgan fingerprint density at radius 1 is 1.32 bits per heavy atom. The summed E-state index contributed by atoms with van der Waals surface area (Å²) in [7, 11) is 1.47. The van der Waals surface area contributed by atoms with Crippen LogP contribution in [0.3, 0.4) is 0 Å². The van der Waals surface area contributed by atoms with Crippen molar-refractivity contribution in [1.29, 1.82) is 0 Å². The van der Waals surface area contributed by atoms with Gasteiger partial charge in [0.15, 0.2) is 0 Å². The number of carbonyl (C=O) groups is 3. The molecular weight excluding hydrogens is 408 g/mol. The number of cyclic esters (lactones) is 1. The van der Waals surface area contributed by atoms with E-state index in [1.54, 1.807) is 6.92 Å². The number of amides is 2. The summed E-state index contributed by atoms with van der Waals surface area (Å²) in [6.45, 7) is 5.84. The number of nitro groups is 1. The fraction of sp³-hybridized carbons (Fsp3) is 0.571. The van der Waals surface area contributed by atoms with E-state index in [4.69, 9.17) is 14.2 Å². The molecule has 31 heavy (non-hydrogen) atoms. The highest BCUT2D eigenvalue weighted by Gasteiger charge is 2.46. The van der Waals surface area contributed by atoms with E-state index < -0.39 is 22.4 Å². The second kappa shape index (κ2) is 10.3. The highest BCUT2D eigenvalue weighted by atomic mass is 16.6. The zero-order chi connectivity index (χ0) is 23.2. The minimum Gasteiger partial charge on any atom is -0.462 e. The fourth-order valence-electron chi connectivity index (χ4n) is 3.44. The van der Waals surface area contributed by atoms with Gasteiger partial charge in [0.1, 0.15) is 6.61 Å². The van der Waals surface area contributed by atoms with Crippen molar-refractivity contribution in [2.75, 3.05) is 26.9 Å². The van der Waals surface area contributed by atoms with Gasteiger partial charge in [-0.3, -0.25) is 14.9 Å². The quantitative estimate of drug-likeness (QED) is 0.237. The number of esters is 1. The predicted molar refractivity (Wildman–Crippen MR) is 109 cm³/mol. The van der Waals surface area contributed by atoms with Crippen LogP contribution in [0.25, 0.3) is 0 Å². The molecule has 1 heterocycles. The van der Waals surface area contributed by atoms with E-state index in [-0.39, 0.29) is 48.9 Å². The molecule has 0 unspecified atom stereocenters. The molecule has 10 heteroatoms. The third-order valence-corrected chi connectivity index (χ3v) is 5.29. The molecule has 2 amide bonds. The average Bonchev–Trinajstić information content (AvgIpc) is 3.12. The first kappa shape index (κ1) is 24.3. The fourth-order valence-corrected chi connectivity index (χ4v) is 3.44. The molecule has 1 aliphatic rings. The SMILES string of the molecule is COC[C@@](C)(CCCOC(=O)c1ccc([N+](=O)[O-])cc1)C(=O)N1C(=O)OC[C@H]1C(C)C. The zero-order valence-electron chi connectivity index (χ0n) is 18.2.